The normalized spacial score (nSPS) is 12.5. The summed E-state index contributed by atoms with van der Waals surface area (Å²) >= 11 is 0. The zero-order valence-electron chi connectivity index (χ0n) is 12.4. The standard InChI is InChI=1S/C18H20N2O/c1-13(15-5-7-17(21-2)8-6-15)20-12-14-3-4-16-9-10-19-18(16)11-14/h3-11,13,19-20H,12H2,1-2H3/t13-/m0/s1. The van der Waals surface area contributed by atoms with Crippen LogP contribution < -0.4 is 10.1 Å². The lowest BCUT2D eigenvalue weighted by molar-refractivity contribution is 0.414. The molecule has 0 saturated heterocycles. The molecule has 2 aromatic carbocycles. The molecule has 0 unspecified atom stereocenters. The fraction of sp³-hybridized carbons (Fsp3) is 0.222. The summed E-state index contributed by atoms with van der Waals surface area (Å²) in [5, 5.41) is 4.81. The third kappa shape index (κ3) is 3.09. The summed E-state index contributed by atoms with van der Waals surface area (Å²) < 4.78 is 5.19. The van der Waals surface area contributed by atoms with Crippen molar-refractivity contribution in [2.45, 2.75) is 19.5 Å². The van der Waals surface area contributed by atoms with Gasteiger partial charge in [-0.1, -0.05) is 24.3 Å². The number of methoxy groups -OCH3 is 1. The Morgan fingerprint density at radius 1 is 1.10 bits per heavy atom. The van der Waals surface area contributed by atoms with Crippen LogP contribution in [-0.2, 0) is 6.54 Å². The van der Waals surface area contributed by atoms with Crippen molar-refractivity contribution in [3.63, 3.8) is 0 Å². The molecular weight excluding hydrogens is 260 g/mol. The predicted molar refractivity (Wildman–Crippen MR) is 86.5 cm³/mol. The Labute approximate surface area is 125 Å². The summed E-state index contributed by atoms with van der Waals surface area (Å²) in [5.41, 5.74) is 3.73. The van der Waals surface area contributed by atoms with Gasteiger partial charge in [0, 0.05) is 24.3 Å². The smallest absolute Gasteiger partial charge is 0.118 e. The van der Waals surface area contributed by atoms with Crippen molar-refractivity contribution in [2.24, 2.45) is 0 Å². The minimum atomic E-state index is 0.301. The van der Waals surface area contributed by atoms with Crippen LogP contribution in [0.25, 0.3) is 10.9 Å². The van der Waals surface area contributed by atoms with Crippen LogP contribution in [0.1, 0.15) is 24.1 Å². The molecule has 3 nitrogen and oxygen atoms in total. The van der Waals surface area contributed by atoms with Gasteiger partial charge in [-0.05, 0) is 47.7 Å². The molecule has 0 saturated carbocycles. The third-order valence-electron chi connectivity index (χ3n) is 3.85. The first kappa shape index (κ1) is 13.7. The van der Waals surface area contributed by atoms with Crippen molar-refractivity contribution < 1.29 is 4.74 Å². The highest BCUT2D eigenvalue weighted by Crippen LogP contribution is 2.19. The minimum absolute atomic E-state index is 0.301. The molecule has 3 aromatic rings. The second-order valence-electron chi connectivity index (χ2n) is 5.28. The average molecular weight is 280 g/mol. The Morgan fingerprint density at radius 3 is 2.67 bits per heavy atom. The summed E-state index contributed by atoms with van der Waals surface area (Å²) in [6.45, 7) is 3.02. The molecule has 108 valence electrons. The van der Waals surface area contributed by atoms with E-state index < -0.39 is 0 Å². The molecular formula is C18H20N2O. The maximum absolute atomic E-state index is 5.19. The van der Waals surface area contributed by atoms with Crippen LogP contribution >= 0.6 is 0 Å². The topological polar surface area (TPSA) is 37.0 Å². The number of rotatable bonds is 5. The molecule has 3 rings (SSSR count). The molecule has 0 fully saturated rings. The summed E-state index contributed by atoms with van der Waals surface area (Å²) in [7, 11) is 1.69. The summed E-state index contributed by atoms with van der Waals surface area (Å²) in [4.78, 5) is 3.25. The van der Waals surface area contributed by atoms with E-state index in [1.54, 1.807) is 7.11 Å². The van der Waals surface area contributed by atoms with Gasteiger partial charge in [-0.15, -0.1) is 0 Å². The van der Waals surface area contributed by atoms with E-state index in [1.807, 2.05) is 18.3 Å². The second kappa shape index (κ2) is 6.02. The quantitative estimate of drug-likeness (QED) is 0.740. The number of ether oxygens (including phenoxy) is 1. The molecule has 1 atom stereocenters. The van der Waals surface area contributed by atoms with E-state index in [2.05, 4.69) is 53.6 Å². The van der Waals surface area contributed by atoms with Crippen LogP contribution in [0.2, 0.25) is 0 Å². The number of hydrogen-bond donors (Lipinski definition) is 2. The number of aromatic nitrogens is 1. The van der Waals surface area contributed by atoms with E-state index >= 15 is 0 Å². The number of fused-ring (bicyclic) bond motifs is 1. The monoisotopic (exact) mass is 280 g/mol. The van der Waals surface area contributed by atoms with Crippen LogP contribution in [0.4, 0.5) is 0 Å². The highest BCUT2D eigenvalue weighted by Gasteiger charge is 2.05. The third-order valence-corrected chi connectivity index (χ3v) is 3.85. The lowest BCUT2D eigenvalue weighted by Gasteiger charge is -2.15. The van der Waals surface area contributed by atoms with Crippen LogP contribution in [0, 0.1) is 0 Å². The van der Waals surface area contributed by atoms with Crippen molar-refractivity contribution >= 4 is 10.9 Å². The Hall–Kier alpha value is -2.26. The van der Waals surface area contributed by atoms with E-state index in [4.69, 9.17) is 4.74 Å². The van der Waals surface area contributed by atoms with Crippen molar-refractivity contribution in [1.29, 1.82) is 0 Å². The zero-order valence-corrected chi connectivity index (χ0v) is 12.4. The molecule has 0 spiro atoms. The highest BCUT2D eigenvalue weighted by atomic mass is 16.5. The average Bonchev–Trinajstić information content (AvgIpc) is 3.00. The fourth-order valence-electron chi connectivity index (χ4n) is 2.49. The molecule has 3 heteroatoms. The largest absolute Gasteiger partial charge is 0.497 e. The van der Waals surface area contributed by atoms with Gasteiger partial charge in [0.15, 0.2) is 0 Å². The fourth-order valence-corrected chi connectivity index (χ4v) is 2.49. The van der Waals surface area contributed by atoms with Crippen LogP contribution in [0.15, 0.2) is 54.7 Å². The number of hydrogen-bond acceptors (Lipinski definition) is 2. The molecule has 2 N–H and O–H groups in total. The summed E-state index contributed by atoms with van der Waals surface area (Å²) in [6, 6.07) is 17.1. The van der Waals surface area contributed by atoms with Gasteiger partial charge in [0.05, 0.1) is 7.11 Å². The molecule has 0 bridgehead atoms. The number of aromatic amines is 1. The molecule has 1 heterocycles. The van der Waals surface area contributed by atoms with Gasteiger partial charge < -0.3 is 15.0 Å². The van der Waals surface area contributed by atoms with Gasteiger partial charge in [-0.3, -0.25) is 0 Å². The van der Waals surface area contributed by atoms with E-state index in [9.17, 15) is 0 Å². The molecule has 0 radical (unpaired) electrons. The first-order valence-corrected chi connectivity index (χ1v) is 7.19. The number of benzene rings is 2. The van der Waals surface area contributed by atoms with Crippen molar-refractivity contribution in [3.05, 3.63) is 65.9 Å². The Kier molecular flexibility index (Phi) is 3.93. The summed E-state index contributed by atoms with van der Waals surface area (Å²) in [5.74, 6) is 0.892. The molecule has 21 heavy (non-hydrogen) atoms. The molecule has 1 aromatic heterocycles. The first-order valence-electron chi connectivity index (χ1n) is 7.19. The molecule has 0 amide bonds. The number of nitrogens with one attached hydrogen (secondary N) is 2. The number of H-pyrrole nitrogens is 1. The van der Waals surface area contributed by atoms with Gasteiger partial charge in [0.1, 0.15) is 5.75 Å². The van der Waals surface area contributed by atoms with Crippen molar-refractivity contribution in [2.75, 3.05) is 7.11 Å². The molecule has 0 aliphatic rings. The molecule has 0 aliphatic carbocycles. The second-order valence-corrected chi connectivity index (χ2v) is 5.28. The Balaban J connectivity index is 1.65. The van der Waals surface area contributed by atoms with Gasteiger partial charge >= 0.3 is 0 Å². The maximum atomic E-state index is 5.19. The Morgan fingerprint density at radius 2 is 1.90 bits per heavy atom. The summed E-state index contributed by atoms with van der Waals surface area (Å²) in [6.07, 6.45) is 1.97. The lowest BCUT2D eigenvalue weighted by Crippen LogP contribution is -2.17. The van der Waals surface area contributed by atoms with Crippen LogP contribution in [0.3, 0.4) is 0 Å². The van der Waals surface area contributed by atoms with Gasteiger partial charge in [0.2, 0.25) is 0 Å². The van der Waals surface area contributed by atoms with Gasteiger partial charge in [-0.2, -0.15) is 0 Å². The van der Waals surface area contributed by atoms with Crippen LogP contribution in [0.5, 0.6) is 5.75 Å². The van der Waals surface area contributed by atoms with Crippen molar-refractivity contribution in [3.8, 4) is 5.75 Å². The van der Waals surface area contributed by atoms with E-state index in [0.717, 1.165) is 12.3 Å². The SMILES string of the molecule is COc1ccc([C@H](C)NCc2ccc3cc[nH]c3c2)cc1. The van der Waals surface area contributed by atoms with Crippen LogP contribution in [-0.4, -0.2) is 12.1 Å². The highest BCUT2D eigenvalue weighted by molar-refractivity contribution is 5.79. The van der Waals surface area contributed by atoms with Crippen molar-refractivity contribution in [1.82, 2.24) is 10.3 Å². The van der Waals surface area contributed by atoms with E-state index in [-0.39, 0.29) is 0 Å². The van der Waals surface area contributed by atoms with E-state index in [0.29, 0.717) is 6.04 Å². The predicted octanol–water partition coefficient (Wildman–Crippen LogP) is 4.03. The zero-order chi connectivity index (χ0) is 14.7. The molecule has 0 aliphatic heterocycles. The Bertz CT molecular complexity index is 715. The maximum Gasteiger partial charge on any atom is 0.118 e. The van der Waals surface area contributed by atoms with E-state index in [1.165, 1.54) is 22.0 Å². The van der Waals surface area contributed by atoms with Gasteiger partial charge in [-0.25, -0.2) is 0 Å². The first-order chi connectivity index (χ1) is 10.3. The van der Waals surface area contributed by atoms with Gasteiger partial charge in [0.25, 0.3) is 0 Å². The lowest BCUT2D eigenvalue weighted by atomic mass is 10.1. The minimum Gasteiger partial charge on any atom is -0.497 e.